The van der Waals surface area contributed by atoms with E-state index in [-0.39, 0.29) is 91.4 Å². The molecule has 0 N–H and O–H groups in total. The summed E-state index contributed by atoms with van der Waals surface area (Å²) in [6.45, 7) is 22.9. The summed E-state index contributed by atoms with van der Waals surface area (Å²) in [7, 11) is 0. The fourth-order valence-corrected chi connectivity index (χ4v) is 3.42. The molecule has 1 aromatic carbocycles. The monoisotopic (exact) mass is 708 g/mol. The van der Waals surface area contributed by atoms with Gasteiger partial charge < -0.3 is 53.6 Å². The summed E-state index contributed by atoms with van der Waals surface area (Å²) >= 11 is 0. The second-order valence-electron chi connectivity index (χ2n) is 12.5. The Balaban J connectivity index is -0.000000509. The van der Waals surface area contributed by atoms with Crippen LogP contribution < -0.4 is 42.8 Å². The number of hydrogen-bond donors (Lipinski definition) is 0. The second kappa shape index (κ2) is 29.9. The zero-order chi connectivity index (χ0) is 28.0. The van der Waals surface area contributed by atoms with Gasteiger partial charge in [0.15, 0.2) is 0 Å². The van der Waals surface area contributed by atoms with Gasteiger partial charge in [0, 0.05) is 52.9 Å². The quantitative estimate of drug-likeness (QED) is 0.357. The first-order chi connectivity index (χ1) is 18.2. The first-order valence-corrected chi connectivity index (χ1v) is 14.9. The normalized spacial score (nSPS) is 17.1. The van der Waals surface area contributed by atoms with Crippen LogP contribution in [-0.4, -0.2) is 104 Å². The van der Waals surface area contributed by atoms with E-state index in [1.807, 2.05) is 24.3 Å². The SMILES string of the molecule is C1CCOC1.C1CCOC1.C1CCOC1.C1CCOC1.CC(C)(C)C[N-]c1ccccc1[N-]CC(C)(C)C.[Ca+2].[I-].[Li+]. The molecule has 4 heterocycles. The molecule has 41 heavy (non-hydrogen) atoms. The molecule has 4 aliphatic rings. The molecular weight excluding hydrogens is 650 g/mol. The third kappa shape index (κ3) is 32.5. The Morgan fingerprint density at radius 3 is 0.878 bits per heavy atom. The van der Waals surface area contributed by atoms with E-state index in [1.165, 1.54) is 51.4 Å². The zero-order valence-electron chi connectivity index (χ0n) is 27.6. The van der Waals surface area contributed by atoms with Gasteiger partial charge in [-0.25, -0.2) is 0 Å². The molecular formula is C32H58CaILiN2O4. The smallest absolute Gasteiger partial charge is 1.00 e. The number of para-hydroxylation sites is 2. The Labute approximate surface area is 312 Å². The summed E-state index contributed by atoms with van der Waals surface area (Å²) < 4.78 is 19.8. The minimum atomic E-state index is 0. The van der Waals surface area contributed by atoms with Crippen LogP contribution in [0.1, 0.15) is 92.9 Å². The number of benzene rings is 1. The number of nitrogens with zero attached hydrogens (tertiary/aromatic N) is 2. The molecule has 0 aliphatic carbocycles. The van der Waals surface area contributed by atoms with Crippen molar-refractivity contribution in [2.75, 3.05) is 65.9 Å². The van der Waals surface area contributed by atoms with Crippen LogP contribution in [0, 0.1) is 10.8 Å². The first-order valence-electron chi connectivity index (χ1n) is 14.9. The van der Waals surface area contributed by atoms with E-state index < -0.39 is 0 Å². The maximum atomic E-state index is 4.94. The number of ether oxygens (including phenoxy) is 4. The Kier molecular flexibility index (Phi) is 34.1. The molecule has 9 heteroatoms. The average Bonchev–Trinajstić information content (AvgIpc) is 3.73. The second-order valence-corrected chi connectivity index (χ2v) is 12.5. The molecule has 1 aromatic rings. The fourth-order valence-electron chi connectivity index (χ4n) is 3.42. The standard InChI is InChI=1S/C16H26N2.4C4H8O.Ca.HI.Li/c1-15(2,3)11-17-13-9-7-8-10-14(13)18-12-16(4,5)6;4*1-2-4-5-3-1;;;/h7-10H,11-12H2,1-6H3;4*1-4H2;;1H;/q-2;;;;;+2;;+1/p-1. The Hall–Kier alpha value is 1.25. The van der Waals surface area contributed by atoms with Crippen LogP contribution in [0.4, 0.5) is 11.4 Å². The van der Waals surface area contributed by atoms with Crippen molar-refractivity contribution in [2.45, 2.75) is 92.9 Å². The Morgan fingerprint density at radius 2 is 0.732 bits per heavy atom. The van der Waals surface area contributed by atoms with E-state index in [0.29, 0.717) is 0 Å². The molecule has 0 radical (unpaired) electrons. The average molecular weight is 709 g/mol. The fraction of sp³-hybridized carbons (Fsp3) is 0.812. The number of hydrogen-bond acceptors (Lipinski definition) is 4. The van der Waals surface area contributed by atoms with Gasteiger partial charge in [0.05, 0.1) is 0 Å². The van der Waals surface area contributed by atoms with Gasteiger partial charge in [-0.2, -0.15) is 11.4 Å². The molecule has 4 fully saturated rings. The largest absolute Gasteiger partial charge is 2.00 e. The molecule has 0 aromatic heterocycles. The van der Waals surface area contributed by atoms with E-state index in [9.17, 15) is 0 Å². The molecule has 0 amide bonds. The van der Waals surface area contributed by atoms with Gasteiger partial charge in [-0.1, -0.05) is 76.6 Å². The third-order valence-electron chi connectivity index (χ3n) is 5.64. The zero-order valence-corrected chi connectivity index (χ0v) is 32.0. The van der Waals surface area contributed by atoms with Crippen molar-refractivity contribution >= 4 is 49.1 Å². The Morgan fingerprint density at radius 1 is 0.512 bits per heavy atom. The number of rotatable bonds is 4. The van der Waals surface area contributed by atoms with Crippen LogP contribution in [0.5, 0.6) is 0 Å². The summed E-state index contributed by atoms with van der Waals surface area (Å²) in [4.78, 5) is 0. The predicted octanol–water partition coefficient (Wildman–Crippen LogP) is 2.60. The summed E-state index contributed by atoms with van der Waals surface area (Å²) in [5, 5.41) is 9.37. The maximum absolute atomic E-state index is 4.94. The minimum Gasteiger partial charge on any atom is -1.00 e. The van der Waals surface area contributed by atoms with Gasteiger partial charge >= 0.3 is 56.6 Å². The molecule has 4 aliphatic heterocycles. The van der Waals surface area contributed by atoms with Crippen LogP contribution in [0.3, 0.4) is 0 Å². The van der Waals surface area contributed by atoms with E-state index in [4.69, 9.17) is 18.9 Å². The Bertz CT molecular complexity index is 567. The van der Waals surface area contributed by atoms with Crippen molar-refractivity contribution in [3.63, 3.8) is 0 Å². The predicted molar refractivity (Wildman–Crippen MR) is 167 cm³/mol. The van der Waals surface area contributed by atoms with Crippen molar-refractivity contribution in [3.8, 4) is 0 Å². The van der Waals surface area contributed by atoms with Crippen molar-refractivity contribution in [2.24, 2.45) is 10.8 Å². The van der Waals surface area contributed by atoms with Gasteiger partial charge in [0.25, 0.3) is 0 Å². The minimum absolute atomic E-state index is 0. The topological polar surface area (TPSA) is 65.1 Å². The summed E-state index contributed by atoms with van der Waals surface area (Å²) in [6.07, 6.45) is 10.2. The maximum Gasteiger partial charge on any atom is 2.00 e. The van der Waals surface area contributed by atoms with Crippen molar-refractivity contribution in [3.05, 3.63) is 34.9 Å². The molecule has 0 atom stereocenters. The van der Waals surface area contributed by atoms with Crippen LogP contribution in [0.15, 0.2) is 24.3 Å². The molecule has 230 valence electrons. The molecule has 4 saturated heterocycles. The van der Waals surface area contributed by atoms with E-state index in [0.717, 1.165) is 77.3 Å². The van der Waals surface area contributed by atoms with Gasteiger partial charge in [0.2, 0.25) is 0 Å². The van der Waals surface area contributed by atoms with Gasteiger partial charge in [-0.15, -0.1) is 13.1 Å². The van der Waals surface area contributed by atoms with Crippen molar-refractivity contribution in [1.29, 1.82) is 0 Å². The van der Waals surface area contributed by atoms with Crippen molar-refractivity contribution in [1.82, 2.24) is 0 Å². The third-order valence-corrected chi connectivity index (χ3v) is 5.64. The van der Waals surface area contributed by atoms with Crippen LogP contribution >= 0.6 is 0 Å². The van der Waals surface area contributed by atoms with Gasteiger partial charge in [-0.05, 0) is 51.4 Å². The molecule has 6 nitrogen and oxygen atoms in total. The summed E-state index contributed by atoms with van der Waals surface area (Å²) in [5.74, 6) is 0. The van der Waals surface area contributed by atoms with Gasteiger partial charge in [0.1, 0.15) is 0 Å². The molecule has 0 bridgehead atoms. The van der Waals surface area contributed by atoms with Crippen LogP contribution in [0.25, 0.3) is 10.6 Å². The van der Waals surface area contributed by atoms with Crippen LogP contribution in [0.2, 0.25) is 0 Å². The van der Waals surface area contributed by atoms with Crippen LogP contribution in [-0.2, 0) is 18.9 Å². The van der Waals surface area contributed by atoms with Crippen molar-refractivity contribution < 1.29 is 61.8 Å². The van der Waals surface area contributed by atoms with E-state index in [2.05, 4.69) is 52.2 Å². The first kappa shape index (κ1) is 46.7. The van der Waals surface area contributed by atoms with Gasteiger partial charge in [-0.3, -0.25) is 0 Å². The summed E-state index contributed by atoms with van der Waals surface area (Å²) in [5.41, 5.74) is 2.46. The van der Waals surface area contributed by atoms with E-state index in [1.54, 1.807) is 0 Å². The summed E-state index contributed by atoms with van der Waals surface area (Å²) in [6, 6.07) is 8.15. The molecule has 0 unspecified atom stereocenters. The number of halogens is 1. The molecule has 5 rings (SSSR count). The molecule has 0 saturated carbocycles. The van der Waals surface area contributed by atoms with E-state index >= 15 is 0 Å². The molecule has 0 spiro atoms.